The van der Waals surface area contributed by atoms with E-state index in [-0.39, 0.29) is 36.0 Å². The van der Waals surface area contributed by atoms with Gasteiger partial charge in [-0.3, -0.25) is 4.99 Å². The molecule has 0 aliphatic carbocycles. The van der Waals surface area contributed by atoms with Crippen LogP contribution in [0.2, 0.25) is 0 Å². The van der Waals surface area contributed by atoms with Crippen LogP contribution in [0.5, 0.6) is 0 Å². The fourth-order valence-corrected chi connectivity index (χ4v) is 2.99. The first-order chi connectivity index (χ1) is 12.4. The van der Waals surface area contributed by atoms with Crippen molar-refractivity contribution in [2.45, 2.75) is 25.4 Å². The zero-order valence-electron chi connectivity index (χ0n) is 15.3. The Kier molecular flexibility index (Phi) is 9.82. The number of hydrogen-bond acceptors (Lipinski definition) is 3. The standard InChI is InChI=1S/C18H26F3N3O2.HI/c1-22-16(24-12-17(7-10-25)8-11-26-13-17)23-9-6-14-2-4-15(5-3-14)18(19,20)21;/h2-5,25H,6-13H2,1H3,(H2,22,23,24);1H. The Bertz CT molecular complexity index is 589. The predicted molar refractivity (Wildman–Crippen MR) is 109 cm³/mol. The molecule has 0 saturated carbocycles. The van der Waals surface area contributed by atoms with Gasteiger partial charge in [0, 0.05) is 38.8 Å². The number of aliphatic hydroxyl groups excluding tert-OH is 1. The maximum atomic E-state index is 12.6. The maximum Gasteiger partial charge on any atom is 0.416 e. The summed E-state index contributed by atoms with van der Waals surface area (Å²) in [5.41, 5.74) is 0.0985. The second kappa shape index (κ2) is 11.1. The maximum absolute atomic E-state index is 12.6. The average molecular weight is 501 g/mol. The third-order valence-corrected chi connectivity index (χ3v) is 4.67. The molecule has 1 aliphatic heterocycles. The summed E-state index contributed by atoms with van der Waals surface area (Å²) in [5.74, 6) is 0.626. The zero-order valence-corrected chi connectivity index (χ0v) is 17.6. The number of benzene rings is 1. The molecule has 1 fully saturated rings. The summed E-state index contributed by atoms with van der Waals surface area (Å²) in [5, 5.41) is 15.7. The van der Waals surface area contributed by atoms with Crippen molar-refractivity contribution in [3.63, 3.8) is 0 Å². The SMILES string of the molecule is CN=C(NCCc1ccc(C(F)(F)F)cc1)NCC1(CCO)CCOC1.I. The van der Waals surface area contributed by atoms with Crippen LogP contribution in [0.1, 0.15) is 24.0 Å². The first kappa shape index (κ1) is 24.0. The molecule has 3 N–H and O–H groups in total. The molecule has 1 aliphatic rings. The summed E-state index contributed by atoms with van der Waals surface area (Å²) in [6.07, 6.45) is -2.16. The normalized spacial score (nSPS) is 20.3. The van der Waals surface area contributed by atoms with Gasteiger partial charge in [-0.05, 0) is 37.0 Å². The van der Waals surface area contributed by atoms with Crippen molar-refractivity contribution in [1.82, 2.24) is 10.6 Å². The lowest BCUT2D eigenvalue weighted by molar-refractivity contribution is -0.137. The van der Waals surface area contributed by atoms with Crippen LogP contribution < -0.4 is 10.6 Å². The highest BCUT2D eigenvalue weighted by Gasteiger charge is 2.34. The zero-order chi connectivity index (χ0) is 19.0. The smallest absolute Gasteiger partial charge is 0.396 e. The molecule has 154 valence electrons. The Balaban J connectivity index is 0.00000364. The van der Waals surface area contributed by atoms with E-state index in [1.807, 2.05) is 0 Å². The highest BCUT2D eigenvalue weighted by atomic mass is 127. The summed E-state index contributed by atoms with van der Waals surface area (Å²) < 4.78 is 43.1. The first-order valence-corrected chi connectivity index (χ1v) is 8.68. The number of guanidine groups is 1. The molecule has 9 heteroatoms. The van der Waals surface area contributed by atoms with Crippen molar-refractivity contribution in [2.24, 2.45) is 10.4 Å². The monoisotopic (exact) mass is 501 g/mol. The minimum Gasteiger partial charge on any atom is -0.396 e. The Labute approximate surface area is 174 Å². The summed E-state index contributed by atoms with van der Waals surface area (Å²) in [6.45, 7) is 2.62. The molecule has 1 aromatic rings. The summed E-state index contributed by atoms with van der Waals surface area (Å²) in [4.78, 5) is 4.16. The number of aliphatic imine (C=N–C) groups is 1. The van der Waals surface area contributed by atoms with Crippen LogP contribution in [0, 0.1) is 5.41 Å². The van der Waals surface area contributed by atoms with E-state index in [9.17, 15) is 18.3 Å². The van der Waals surface area contributed by atoms with Gasteiger partial charge in [0.2, 0.25) is 0 Å². The van der Waals surface area contributed by atoms with E-state index in [1.54, 1.807) is 7.05 Å². The molecule has 1 heterocycles. The third-order valence-electron chi connectivity index (χ3n) is 4.67. The number of halogens is 4. The van der Waals surface area contributed by atoms with E-state index in [0.717, 1.165) is 24.1 Å². The van der Waals surface area contributed by atoms with Gasteiger partial charge in [-0.25, -0.2) is 0 Å². The van der Waals surface area contributed by atoms with E-state index in [0.29, 0.717) is 45.1 Å². The Hall–Kier alpha value is -1.07. The van der Waals surface area contributed by atoms with Crippen LogP contribution in [-0.4, -0.2) is 51.0 Å². The van der Waals surface area contributed by atoms with Gasteiger partial charge in [-0.1, -0.05) is 12.1 Å². The first-order valence-electron chi connectivity index (χ1n) is 8.68. The van der Waals surface area contributed by atoms with E-state index < -0.39 is 11.7 Å². The molecular weight excluding hydrogens is 474 g/mol. The number of rotatable bonds is 7. The number of ether oxygens (including phenoxy) is 1. The molecule has 1 saturated heterocycles. The summed E-state index contributed by atoms with van der Waals surface area (Å²) in [7, 11) is 1.66. The second-order valence-corrected chi connectivity index (χ2v) is 6.57. The molecule has 0 bridgehead atoms. The minimum absolute atomic E-state index is 0. The third kappa shape index (κ3) is 7.46. The van der Waals surface area contributed by atoms with Crippen LogP contribution in [0.15, 0.2) is 29.3 Å². The molecule has 5 nitrogen and oxygen atoms in total. The lowest BCUT2D eigenvalue weighted by Crippen LogP contribution is -2.45. The number of alkyl halides is 3. The van der Waals surface area contributed by atoms with Gasteiger partial charge in [0.25, 0.3) is 0 Å². The molecule has 0 spiro atoms. The highest BCUT2D eigenvalue weighted by molar-refractivity contribution is 14.0. The lowest BCUT2D eigenvalue weighted by Gasteiger charge is -2.27. The van der Waals surface area contributed by atoms with E-state index in [1.165, 1.54) is 12.1 Å². The summed E-state index contributed by atoms with van der Waals surface area (Å²) >= 11 is 0. The number of hydrogen-bond donors (Lipinski definition) is 3. The highest BCUT2D eigenvalue weighted by Crippen LogP contribution is 2.31. The predicted octanol–water partition coefficient (Wildman–Crippen LogP) is 2.82. The van der Waals surface area contributed by atoms with Gasteiger partial charge < -0.3 is 20.5 Å². The molecule has 1 aromatic carbocycles. The Morgan fingerprint density at radius 1 is 1.26 bits per heavy atom. The number of nitrogens with one attached hydrogen (secondary N) is 2. The van der Waals surface area contributed by atoms with Gasteiger partial charge in [0.15, 0.2) is 5.96 Å². The average Bonchev–Trinajstić information content (AvgIpc) is 3.07. The van der Waals surface area contributed by atoms with Crippen molar-refractivity contribution in [1.29, 1.82) is 0 Å². The molecule has 0 amide bonds. The van der Waals surface area contributed by atoms with Crippen molar-refractivity contribution < 1.29 is 23.0 Å². The van der Waals surface area contributed by atoms with Gasteiger partial charge in [-0.15, -0.1) is 24.0 Å². The molecular formula is C18H27F3IN3O2. The van der Waals surface area contributed by atoms with E-state index >= 15 is 0 Å². The van der Waals surface area contributed by atoms with E-state index in [4.69, 9.17) is 4.74 Å². The van der Waals surface area contributed by atoms with Crippen molar-refractivity contribution in [3.05, 3.63) is 35.4 Å². The molecule has 1 atom stereocenters. The van der Waals surface area contributed by atoms with Crippen LogP contribution in [0.25, 0.3) is 0 Å². The van der Waals surface area contributed by atoms with Gasteiger partial charge >= 0.3 is 6.18 Å². The minimum atomic E-state index is -4.31. The van der Waals surface area contributed by atoms with E-state index in [2.05, 4.69) is 15.6 Å². The Morgan fingerprint density at radius 3 is 2.48 bits per heavy atom. The molecule has 0 aromatic heterocycles. The largest absolute Gasteiger partial charge is 0.416 e. The van der Waals surface area contributed by atoms with Crippen LogP contribution >= 0.6 is 24.0 Å². The molecule has 1 unspecified atom stereocenters. The van der Waals surface area contributed by atoms with Crippen LogP contribution in [0.3, 0.4) is 0 Å². The second-order valence-electron chi connectivity index (χ2n) is 6.57. The quantitative estimate of drug-likeness (QED) is 0.306. The van der Waals surface area contributed by atoms with Gasteiger partial charge in [-0.2, -0.15) is 13.2 Å². The number of aliphatic hydroxyl groups is 1. The van der Waals surface area contributed by atoms with Crippen molar-refractivity contribution in [3.8, 4) is 0 Å². The molecule has 27 heavy (non-hydrogen) atoms. The fraction of sp³-hybridized carbons (Fsp3) is 0.611. The van der Waals surface area contributed by atoms with Crippen LogP contribution in [-0.2, 0) is 17.3 Å². The van der Waals surface area contributed by atoms with Crippen molar-refractivity contribution >= 4 is 29.9 Å². The lowest BCUT2D eigenvalue weighted by atomic mass is 9.84. The van der Waals surface area contributed by atoms with Crippen molar-refractivity contribution in [2.75, 3.05) is 40.0 Å². The van der Waals surface area contributed by atoms with Gasteiger partial charge in [0.05, 0.1) is 12.2 Å². The fourth-order valence-electron chi connectivity index (χ4n) is 2.99. The Morgan fingerprint density at radius 2 is 1.96 bits per heavy atom. The van der Waals surface area contributed by atoms with Crippen LogP contribution in [0.4, 0.5) is 13.2 Å². The van der Waals surface area contributed by atoms with Gasteiger partial charge in [0.1, 0.15) is 0 Å². The number of nitrogens with zero attached hydrogens (tertiary/aromatic N) is 1. The topological polar surface area (TPSA) is 65.9 Å². The molecule has 2 rings (SSSR count). The summed E-state index contributed by atoms with van der Waals surface area (Å²) in [6, 6.07) is 5.18. The molecule has 0 radical (unpaired) electrons.